The maximum Gasteiger partial charge on any atom is 0.278 e. The first kappa shape index (κ1) is 21.1. The van der Waals surface area contributed by atoms with Gasteiger partial charge in [-0.15, -0.1) is 0 Å². The molecule has 0 bridgehead atoms. The number of hydrogen-bond donors (Lipinski definition) is 1. The van der Waals surface area contributed by atoms with Crippen molar-refractivity contribution >= 4 is 17.4 Å². The van der Waals surface area contributed by atoms with Crippen molar-refractivity contribution in [1.29, 1.82) is 0 Å². The molecule has 31 heavy (non-hydrogen) atoms. The van der Waals surface area contributed by atoms with Crippen LogP contribution in [-0.4, -0.2) is 53.5 Å². The molecule has 7 heteroatoms. The van der Waals surface area contributed by atoms with Crippen LogP contribution in [-0.2, 0) is 16.1 Å². The van der Waals surface area contributed by atoms with E-state index in [4.69, 9.17) is 4.74 Å². The molecule has 162 valence electrons. The van der Waals surface area contributed by atoms with Crippen molar-refractivity contribution in [2.75, 3.05) is 26.8 Å². The molecule has 2 aromatic carbocycles. The van der Waals surface area contributed by atoms with E-state index in [1.807, 2.05) is 4.90 Å². The van der Waals surface area contributed by atoms with Gasteiger partial charge in [-0.3, -0.25) is 14.5 Å². The summed E-state index contributed by atoms with van der Waals surface area (Å²) in [6, 6.07) is 12.8. The lowest BCUT2D eigenvalue weighted by Crippen LogP contribution is -2.40. The Bertz CT molecular complexity index is 1000. The van der Waals surface area contributed by atoms with Crippen LogP contribution in [0.3, 0.4) is 0 Å². The standard InChI is InChI=1S/C24H25FN2O4/c1-31-20-10-6-18(7-11-20)21-22(26-12-2-3-17(13-26)15-28)24(30)27(23(21)29)14-16-4-8-19(25)9-5-16/h4-11,17,28H,2-3,12-15H2,1H3. The van der Waals surface area contributed by atoms with Gasteiger partial charge in [-0.05, 0) is 54.2 Å². The molecule has 1 unspecified atom stereocenters. The minimum Gasteiger partial charge on any atom is -0.497 e. The highest BCUT2D eigenvalue weighted by molar-refractivity contribution is 6.35. The lowest BCUT2D eigenvalue weighted by molar-refractivity contribution is -0.138. The molecular weight excluding hydrogens is 399 g/mol. The Kier molecular flexibility index (Phi) is 6.04. The fraction of sp³-hybridized carbons (Fsp3) is 0.333. The summed E-state index contributed by atoms with van der Waals surface area (Å²) < 4.78 is 18.5. The predicted molar refractivity (Wildman–Crippen MR) is 113 cm³/mol. The van der Waals surface area contributed by atoms with E-state index < -0.39 is 0 Å². The first-order valence-corrected chi connectivity index (χ1v) is 10.4. The molecule has 2 aromatic rings. The van der Waals surface area contributed by atoms with E-state index in [1.54, 1.807) is 43.5 Å². The zero-order chi connectivity index (χ0) is 22.0. The van der Waals surface area contributed by atoms with E-state index >= 15 is 0 Å². The summed E-state index contributed by atoms with van der Waals surface area (Å²) in [6.45, 7) is 1.28. The number of nitrogens with zero attached hydrogens (tertiary/aromatic N) is 2. The van der Waals surface area contributed by atoms with Crippen molar-refractivity contribution in [3.63, 3.8) is 0 Å². The topological polar surface area (TPSA) is 70.1 Å². The Morgan fingerprint density at radius 1 is 1.06 bits per heavy atom. The number of amides is 2. The van der Waals surface area contributed by atoms with Gasteiger partial charge in [0.1, 0.15) is 17.3 Å². The van der Waals surface area contributed by atoms with Gasteiger partial charge < -0.3 is 14.7 Å². The summed E-state index contributed by atoms with van der Waals surface area (Å²) in [4.78, 5) is 30.0. The highest BCUT2D eigenvalue weighted by Gasteiger charge is 2.42. The number of imide groups is 1. The lowest BCUT2D eigenvalue weighted by atomic mass is 9.97. The number of ether oxygens (including phenoxy) is 1. The average molecular weight is 424 g/mol. The van der Waals surface area contributed by atoms with Gasteiger partial charge in [-0.2, -0.15) is 0 Å². The highest BCUT2D eigenvalue weighted by atomic mass is 19.1. The third-order valence-electron chi connectivity index (χ3n) is 5.87. The average Bonchev–Trinajstić information content (AvgIpc) is 3.05. The number of methoxy groups -OCH3 is 1. The molecule has 1 N–H and O–H groups in total. The van der Waals surface area contributed by atoms with E-state index in [2.05, 4.69) is 0 Å². The predicted octanol–water partition coefficient (Wildman–Crippen LogP) is 2.82. The number of rotatable bonds is 6. The Hall–Kier alpha value is -3.19. The van der Waals surface area contributed by atoms with Gasteiger partial charge in [-0.25, -0.2) is 4.39 Å². The third kappa shape index (κ3) is 4.18. The van der Waals surface area contributed by atoms with Gasteiger partial charge in [0.15, 0.2) is 0 Å². The Morgan fingerprint density at radius 3 is 2.42 bits per heavy atom. The van der Waals surface area contributed by atoms with Crippen molar-refractivity contribution in [3.05, 3.63) is 71.2 Å². The molecule has 0 spiro atoms. The first-order valence-electron chi connectivity index (χ1n) is 10.4. The van der Waals surface area contributed by atoms with Crippen LogP contribution in [0.1, 0.15) is 24.0 Å². The molecule has 0 aromatic heterocycles. The minimum absolute atomic E-state index is 0.0447. The monoisotopic (exact) mass is 424 g/mol. The van der Waals surface area contributed by atoms with Crippen LogP contribution in [0.25, 0.3) is 5.57 Å². The fourth-order valence-corrected chi connectivity index (χ4v) is 4.21. The number of piperidine rings is 1. The highest BCUT2D eigenvalue weighted by Crippen LogP contribution is 2.35. The van der Waals surface area contributed by atoms with Crippen molar-refractivity contribution in [2.24, 2.45) is 5.92 Å². The fourth-order valence-electron chi connectivity index (χ4n) is 4.21. The molecule has 4 rings (SSSR count). The van der Waals surface area contributed by atoms with E-state index in [0.717, 1.165) is 12.8 Å². The summed E-state index contributed by atoms with van der Waals surface area (Å²) in [6.07, 6.45) is 1.73. The normalized spacial score (nSPS) is 19.4. The quantitative estimate of drug-likeness (QED) is 0.723. The van der Waals surface area contributed by atoms with Crippen molar-refractivity contribution < 1.29 is 23.8 Å². The van der Waals surface area contributed by atoms with Crippen molar-refractivity contribution in [1.82, 2.24) is 9.80 Å². The second-order valence-electron chi connectivity index (χ2n) is 7.91. The maximum atomic E-state index is 13.4. The van der Waals surface area contributed by atoms with E-state index in [1.165, 1.54) is 17.0 Å². The number of halogens is 1. The van der Waals surface area contributed by atoms with Gasteiger partial charge in [0.2, 0.25) is 0 Å². The molecule has 1 atom stereocenters. The van der Waals surface area contributed by atoms with Gasteiger partial charge in [-0.1, -0.05) is 24.3 Å². The number of carbonyl (C=O) groups excluding carboxylic acids is 2. The second-order valence-corrected chi connectivity index (χ2v) is 7.91. The number of likely N-dealkylation sites (tertiary alicyclic amines) is 1. The number of carbonyl (C=O) groups is 2. The molecule has 1 fully saturated rings. The van der Waals surface area contributed by atoms with Crippen LogP contribution in [0, 0.1) is 11.7 Å². The van der Waals surface area contributed by atoms with E-state index in [-0.39, 0.29) is 36.7 Å². The zero-order valence-electron chi connectivity index (χ0n) is 17.4. The molecule has 6 nitrogen and oxygen atoms in total. The summed E-state index contributed by atoms with van der Waals surface area (Å²) >= 11 is 0. The maximum absolute atomic E-state index is 13.4. The first-order chi connectivity index (χ1) is 15.0. The Balaban J connectivity index is 1.72. The third-order valence-corrected chi connectivity index (χ3v) is 5.87. The van der Waals surface area contributed by atoms with Crippen molar-refractivity contribution in [2.45, 2.75) is 19.4 Å². The second kappa shape index (κ2) is 8.89. The Labute approximate surface area is 180 Å². The molecule has 0 aliphatic carbocycles. The zero-order valence-corrected chi connectivity index (χ0v) is 17.4. The molecule has 0 saturated carbocycles. The smallest absolute Gasteiger partial charge is 0.278 e. The van der Waals surface area contributed by atoms with Gasteiger partial charge in [0, 0.05) is 19.7 Å². The van der Waals surface area contributed by atoms with Gasteiger partial charge >= 0.3 is 0 Å². The number of aliphatic hydroxyl groups excluding tert-OH is 1. The van der Waals surface area contributed by atoms with Gasteiger partial charge in [0.05, 0.1) is 19.2 Å². The molecule has 0 radical (unpaired) electrons. The summed E-state index contributed by atoms with van der Waals surface area (Å²) in [5.74, 6) is -0.389. The van der Waals surface area contributed by atoms with Crippen LogP contribution in [0.5, 0.6) is 5.75 Å². The van der Waals surface area contributed by atoms with Crippen molar-refractivity contribution in [3.8, 4) is 5.75 Å². The summed E-state index contributed by atoms with van der Waals surface area (Å²) in [7, 11) is 1.57. The van der Waals surface area contributed by atoms with Gasteiger partial charge in [0.25, 0.3) is 11.8 Å². The number of aliphatic hydroxyl groups is 1. The molecule has 2 amide bonds. The van der Waals surface area contributed by atoms with Crippen LogP contribution in [0.15, 0.2) is 54.2 Å². The SMILES string of the molecule is COc1ccc(C2=C(N3CCCC(CO)C3)C(=O)N(Cc3ccc(F)cc3)C2=O)cc1. The number of hydrogen-bond acceptors (Lipinski definition) is 5. The van der Waals surface area contributed by atoms with Crippen LogP contribution >= 0.6 is 0 Å². The summed E-state index contributed by atoms with van der Waals surface area (Å²) in [5, 5.41) is 9.63. The van der Waals surface area contributed by atoms with E-state index in [0.29, 0.717) is 41.2 Å². The van der Waals surface area contributed by atoms with Crippen LogP contribution in [0.4, 0.5) is 4.39 Å². The summed E-state index contributed by atoms with van der Waals surface area (Å²) in [5.41, 5.74) is 2.04. The Morgan fingerprint density at radius 2 is 1.77 bits per heavy atom. The molecule has 1 saturated heterocycles. The number of benzene rings is 2. The lowest BCUT2D eigenvalue weighted by Gasteiger charge is -2.34. The minimum atomic E-state index is -0.374. The molecule has 2 aliphatic rings. The molecule has 2 heterocycles. The molecule has 2 aliphatic heterocycles. The van der Waals surface area contributed by atoms with E-state index in [9.17, 15) is 19.1 Å². The van der Waals surface area contributed by atoms with Crippen LogP contribution < -0.4 is 4.74 Å². The van der Waals surface area contributed by atoms with Crippen LogP contribution in [0.2, 0.25) is 0 Å². The largest absolute Gasteiger partial charge is 0.497 e. The molecular formula is C24H25FN2O4.